The Morgan fingerprint density at radius 2 is 0.891 bits per heavy atom. The van der Waals surface area contributed by atoms with Gasteiger partial charge in [-0.3, -0.25) is 9.11 Å². The summed E-state index contributed by atoms with van der Waals surface area (Å²) in [5, 5.41) is 78.6. The highest BCUT2D eigenvalue weighted by Gasteiger charge is 2.24. The van der Waals surface area contributed by atoms with Gasteiger partial charge in [-0.2, -0.15) is 16.8 Å². The van der Waals surface area contributed by atoms with Crippen LogP contribution in [0, 0.1) is 0 Å². The molecule has 0 heterocycles. The van der Waals surface area contributed by atoms with Gasteiger partial charge in [0.1, 0.15) is 44.0 Å². The molecular formula is C34H23N5O14S2. The quantitative estimate of drug-likeness (QED) is 0.0486. The molecule has 0 aliphatic heterocycles. The molecule has 280 valence electrons. The van der Waals surface area contributed by atoms with Gasteiger partial charge in [-0.1, -0.05) is 0 Å². The minimum atomic E-state index is -5.07. The maximum atomic E-state index is 12.4. The first kappa shape index (κ1) is 37.6. The molecule has 0 amide bonds. The van der Waals surface area contributed by atoms with E-state index in [0.29, 0.717) is 0 Å². The first-order valence-corrected chi connectivity index (χ1v) is 18.0. The number of carboxylic acid groups (broad SMARTS) is 2. The zero-order valence-corrected chi connectivity index (χ0v) is 28.8. The third-order valence-electron chi connectivity index (χ3n) is 7.91. The summed E-state index contributed by atoms with van der Waals surface area (Å²) >= 11 is 0. The number of hydrogen-bond donors (Lipinski definition) is 9. The van der Waals surface area contributed by atoms with Gasteiger partial charge in [-0.25, -0.2) is 9.59 Å². The monoisotopic (exact) mass is 789 g/mol. The fraction of sp³-hybridized carbons (Fsp3) is 0. The van der Waals surface area contributed by atoms with Gasteiger partial charge in [0, 0.05) is 22.1 Å². The number of phenols is 4. The van der Waals surface area contributed by atoms with Crippen LogP contribution in [0.4, 0.5) is 34.1 Å². The number of fused-ring (bicyclic) bond motifs is 2. The van der Waals surface area contributed by atoms with Crippen LogP contribution in [0.5, 0.6) is 23.0 Å². The summed E-state index contributed by atoms with van der Waals surface area (Å²) in [6, 6.07) is 16.4. The van der Waals surface area contributed by atoms with E-state index in [2.05, 4.69) is 25.8 Å². The lowest BCUT2D eigenvalue weighted by Crippen LogP contribution is -2.00. The van der Waals surface area contributed by atoms with E-state index in [1.807, 2.05) is 0 Å². The van der Waals surface area contributed by atoms with Gasteiger partial charge in [0.2, 0.25) is 0 Å². The van der Waals surface area contributed by atoms with E-state index in [1.165, 1.54) is 36.4 Å². The summed E-state index contributed by atoms with van der Waals surface area (Å²) in [5.74, 6) is -5.21. The Labute approximate surface area is 307 Å². The summed E-state index contributed by atoms with van der Waals surface area (Å²) in [4.78, 5) is 20.9. The number of azo groups is 2. The van der Waals surface area contributed by atoms with Crippen molar-refractivity contribution in [3.8, 4) is 23.0 Å². The Hall–Kier alpha value is -7.20. The largest absolute Gasteiger partial charge is 0.506 e. The van der Waals surface area contributed by atoms with Crippen LogP contribution in [0.3, 0.4) is 0 Å². The lowest BCUT2D eigenvalue weighted by molar-refractivity contribution is 0.0686. The number of anilines is 2. The number of hydrogen-bond acceptors (Lipinski definition) is 15. The van der Waals surface area contributed by atoms with Crippen molar-refractivity contribution in [2.45, 2.75) is 9.79 Å². The molecule has 0 spiro atoms. The molecule has 0 aliphatic carbocycles. The van der Waals surface area contributed by atoms with Crippen LogP contribution in [0.2, 0.25) is 0 Å². The molecule has 6 aromatic carbocycles. The van der Waals surface area contributed by atoms with Gasteiger partial charge in [0.15, 0.2) is 11.5 Å². The predicted molar refractivity (Wildman–Crippen MR) is 193 cm³/mol. The maximum Gasteiger partial charge on any atom is 0.335 e. The molecule has 0 atom stereocenters. The number of aromatic hydroxyl groups is 4. The second-order valence-electron chi connectivity index (χ2n) is 11.5. The number of nitrogens with zero attached hydrogens (tertiary/aromatic N) is 4. The van der Waals surface area contributed by atoms with Gasteiger partial charge in [-0.15, -0.1) is 20.5 Å². The summed E-state index contributed by atoms with van der Waals surface area (Å²) in [7, 11) is -10.1. The Morgan fingerprint density at radius 3 is 1.24 bits per heavy atom. The number of nitrogens with one attached hydrogen (secondary N) is 1. The third kappa shape index (κ3) is 7.65. The van der Waals surface area contributed by atoms with Crippen LogP contribution in [0.15, 0.2) is 115 Å². The average Bonchev–Trinajstić information content (AvgIpc) is 3.10. The van der Waals surface area contributed by atoms with Gasteiger partial charge < -0.3 is 36.0 Å². The van der Waals surface area contributed by atoms with Crippen LogP contribution >= 0.6 is 0 Å². The minimum Gasteiger partial charge on any atom is -0.506 e. The number of rotatable bonds is 10. The van der Waals surface area contributed by atoms with Crippen molar-refractivity contribution >= 4 is 87.8 Å². The van der Waals surface area contributed by atoms with Crippen molar-refractivity contribution in [3.05, 3.63) is 96.1 Å². The molecule has 0 fully saturated rings. The lowest BCUT2D eigenvalue weighted by atomic mass is 10.1. The Bertz CT molecular complexity index is 2720. The third-order valence-corrected chi connectivity index (χ3v) is 9.64. The standard InChI is InChI=1S/C34H23N5O14S2/c40-25-7-1-15(33(44)45)11-23(25)36-38-29-27(54(48,49)50)13-17-9-19(3-5-21(17)31(29)42)35-20-4-6-22-18(10-20)14-28(55(51,52)53)30(32(22)43)39-37-24-12-16(34(46)47)2-8-26(24)41/h1-14,35,40-43H,(H,44,45)(H,46,47)(H,48,49,50)(H,51,52,53). The molecule has 21 heteroatoms. The number of carboxylic acids is 2. The van der Waals surface area contributed by atoms with Crippen LogP contribution in [-0.4, -0.2) is 68.5 Å². The highest BCUT2D eigenvalue weighted by atomic mass is 32.2. The second kappa shape index (κ2) is 14.0. The van der Waals surface area contributed by atoms with Crippen LogP contribution < -0.4 is 5.32 Å². The molecule has 0 radical (unpaired) electrons. The van der Waals surface area contributed by atoms with Gasteiger partial charge in [0.25, 0.3) is 20.2 Å². The summed E-state index contributed by atoms with van der Waals surface area (Å²) in [5.41, 5.74) is -2.21. The minimum absolute atomic E-state index is 0.0290. The van der Waals surface area contributed by atoms with Gasteiger partial charge >= 0.3 is 11.9 Å². The molecule has 0 aromatic heterocycles. The summed E-state index contributed by atoms with van der Waals surface area (Å²) in [6.07, 6.45) is 0. The van der Waals surface area contributed by atoms with Crippen LogP contribution in [-0.2, 0) is 20.2 Å². The molecule has 19 nitrogen and oxygen atoms in total. The normalized spacial score (nSPS) is 12.2. The van der Waals surface area contributed by atoms with E-state index in [-0.39, 0.29) is 55.4 Å². The fourth-order valence-electron chi connectivity index (χ4n) is 5.29. The summed E-state index contributed by atoms with van der Waals surface area (Å²) in [6.45, 7) is 0. The van der Waals surface area contributed by atoms with Gasteiger partial charge in [0.05, 0.1) is 11.1 Å². The number of aromatic carboxylic acids is 2. The molecule has 0 saturated carbocycles. The van der Waals surface area contributed by atoms with E-state index in [0.717, 1.165) is 48.5 Å². The molecule has 9 N–H and O–H groups in total. The fourth-order valence-corrected chi connectivity index (χ4v) is 6.61. The van der Waals surface area contributed by atoms with Crippen molar-refractivity contribution in [2.24, 2.45) is 20.5 Å². The second-order valence-corrected chi connectivity index (χ2v) is 14.3. The molecular weight excluding hydrogens is 767 g/mol. The SMILES string of the molecule is O=C(O)c1ccc(O)c(N=Nc2c(S(=O)(=O)O)cc3cc(Nc4ccc5c(O)c(N=Nc6cc(C(=O)O)ccc6O)c(S(=O)(=O)O)cc5c4)ccc3c2O)c1. The van der Waals surface area contributed by atoms with Crippen molar-refractivity contribution < 1.29 is 66.2 Å². The number of phenolic OH excluding ortho intramolecular Hbond substituents is 4. The average molecular weight is 790 g/mol. The molecule has 0 unspecified atom stereocenters. The van der Waals surface area contributed by atoms with Crippen molar-refractivity contribution in [2.75, 3.05) is 5.32 Å². The first-order chi connectivity index (χ1) is 25.8. The van der Waals surface area contributed by atoms with Gasteiger partial charge in [-0.05, 0) is 95.7 Å². The number of carbonyl (C=O) groups is 2. The van der Waals surface area contributed by atoms with Crippen LogP contribution in [0.25, 0.3) is 21.5 Å². The molecule has 0 aliphatic rings. The number of benzene rings is 6. The van der Waals surface area contributed by atoms with E-state index < -0.39 is 76.3 Å². The zero-order valence-electron chi connectivity index (χ0n) is 27.2. The van der Waals surface area contributed by atoms with E-state index in [9.17, 15) is 66.2 Å². The van der Waals surface area contributed by atoms with E-state index in [4.69, 9.17) is 0 Å². The highest BCUT2D eigenvalue weighted by molar-refractivity contribution is 7.86. The van der Waals surface area contributed by atoms with Crippen molar-refractivity contribution in [1.29, 1.82) is 0 Å². The molecule has 0 saturated heterocycles. The molecule has 6 aromatic rings. The topological polar surface area (TPSA) is 326 Å². The predicted octanol–water partition coefficient (Wildman–Crippen LogP) is 7.28. The van der Waals surface area contributed by atoms with Crippen molar-refractivity contribution in [1.82, 2.24) is 0 Å². The lowest BCUT2D eigenvalue weighted by Gasteiger charge is -2.13. The van der Waals surface area contributed by atoms with Crippen molar-refractivity contribution in [3.63, 3.8) is 0 Å². The zero-order chi connectivity index (χ0) is 40.0. The highest BCUT2D eigenvalue weighted by Crippen LogP contribution is 2.45. The Morgan fingerprint density at radius 1 is 0.509 bits per heavy atom. The molecule has 55 heavy (non-hydrogen) atoms. The van der Waals surface area contributed by atoms with E-state index in [1.54, 1.807) is 0 Å². The van der Waals surface area contributed by atoms with Crippen LogP contribution in [0.1, 0.15) is 20.7 Å². The summed E-state index contributed by atoms with van der Waals surface area (Å²) < 4.78 is 69.4. The molecule has 6 rings (SSSR count). The van der Waals surface area contributed by atoms with E-state index >= 15 is 0 Å². The Kier molecular flexibility index (Phi) is 9.55. The smallest absolute Gasteiger partial charge is 0.335 e. The Balaban J connectivity index is 1.38. The first-order valence-electron chi connectivity index (χ1n) is 15.1. The maximum absolute atomic E-state index is 12.4. The molecule has 0 bridgehead atoms.